The van der Waals surface area contributed by atoms with Gasteiger partial charge in [-0.3, -0.25) is 4.79 Å². The zero-order chi connectivity index (χ0) is 13.7. The van der Waals surface area contributed by atoms with Gasteiger partial charge in [0.25, 0.3) is 5.91 Å². The highest BCUT2D eigenvalue weighted by molar-refractivity contribution is 6.32. The number of nitrogens with one attached hydrogen (secondary N) is 1. The van der Waals surface area contributed by atoms with Crippen LogP contribution in [0.2, 0.25) is 5.15 Å². The van der Waals surface area contributed by atoms with Crippen molar-refractivity contribution in [3.05, 3.63) is 23.5 Å². The number of rotatable bonds is 4. The van der Waals surface area contributed by atoms with E-state index in [2.05, 4.69) is 10.3 Å². The molecule has 0 aliphatic carbocycles. The number of halogens is 1. The van der Waals surface area contributed by atoms with Gasteiger partial charge in [0.05, 0.1) is 5.69 Å². The lowest BCUT2D eigenvalue weighted by Crippen LogP contribution is -2.27. The molecule has 2 rings (SSSR count). The SMILES string of the molecule is O=C(COC(=O)[C@@H]1CCCO1)Nc1cccnc1Cl. The molecule has 102 valence electrons. The molecule has 0 unspecified atom stereocenters. The zero-order valence-corrected chi connectivity index (χ0v) is 10.9. The lowest BCUT2D eigenvalue weighted by Gasteiger charge is -2.10. The molecule has 1 aromatic heterocycles. The molecule has 1 atom stereocenters. The molecule has 1 aromatic rings. The van der Waals surface area contributed by atoms with E-state index >= 15 is 0 Å². The highest BCUT2D eigenvalue weighted by atomic mass is 35.5. The lowest BCUT2D eigenvalue weighted by molar-refractivity contribution is -0.156. The number of carbonyl (C=O) groups is 2. The summed E-state index contributed by atoms with van der Waals surface area (Å²) < 4.78 is 10.0. The van der Waals surface area contributed by atoms with Crippen LogP contribution in [0.3, 0.4) is 0 Å². The molecule has 0 bridgehead atoms. The number of pyridine rings is 1. The third-order valence-electron chi connectivity index (χ3n) is 2.57. The van der Waals surface area contributed by atoms with Crippen LogP contribution in [0.5, 0.6) is 0 Å². The second kappa shape index (κ2) is 6.49. The van der Waals surface area contributed by atoms with Gasteiger partial charge in [0, 0.05) is 12.8 Å². The Kier molecular flexibility index (Phi) is 4.70. The van der Waals surface area contributed by atoms with E-state index in [4.69, 9.17) is 21.1 Å². The average molecular weight is 285 g/mol. The number of hydrogen-bond acceptors (Lipinski definition) is 5. The van der Waals surface area contributed by atoms with Crippen LogP contribution in [0, 0.1) is 0 Å². The molecule has 0 spiro atoms. The second-order valence-corrected chi connectivity index (χ2v) is 4.36. The van der Waals surface area contributed by atoms with Gasteiger partial charge in [-0.15, -0.1) is 0 Å². The van der Waals surface area contributed by atoms with E-state index in [9.17, 15) is 9.59 Å². The Morgan fingerprint density at radius 1 is 1.58 bits per heavy atom. The predicted molar refractivity (Wildman–Crippen MR) is 67.8 cm³/mol. The highest BCUT2D eigenvalue weighted by Crippen LogP contribution is 2.17. The van der Waals surface area contributed by atoms with Gasteiger partial charge < -0.3 is 14.8 Å². The molecule has 0 aromatic carbocycles. The monoisotopic (exact) mass is 284 g/mol. The molecule has 1 amide bonds. The summed E-state index contributed by atoms with van der Waals surface area (Å²) in [5, 5.41) is 2.69. The first kappa shape index (κ1) is 13.8. The van der Waals surface area contributed by atoms with Gasteiger partial charge in [0.1, 0.15) is 0 Å². The molecule has 7 heteroatoms. The summed E-state index contributed by atoms with van der Waals surface area (Å²) in [6.45, 7) is 0.182. The maximum absolute atomic E-state index is 11.6. The van der Waals surface area contributed by atoms with Crippen LogP contribution in [-0.2, 0) is 19.1 Å². The van der Waals surface area contributed by atoms with E-state index in [1.165, 1.54) is 6.20 Å². The lowest BCUT2D eigenvalue weighted by atomic mass is 10.2. The quantitative estimate of drug-likeness (QED) is 0.668. The van der Waals surface area contributed by atoms with Crippen molar-refractivity contribution in [2.75, 3.05) is 18.5 Å². The van der Waals surface area contributed by atoms with Crippen molar-refractivity contribution in [2.45, 2.75) is 18.9 Å². The molecule has 1 saturated heterocycles. The van der Waals surface area contributed by atoms with Crippen LogP contribution in [0.1, 0.15) is 12.8 Å². The Hall–Kier alpha value is -1.66. The zero-order valence-electron chi connectivity index (χ0n) is 10.1. The van der Waals surface area contributed by atoms with E-state index in [0.29, 0.717) is 18.7 Å². The van der Waals surface area contributed by atoms with E-state index in [1.54, 1.807) is 12.1 Å². The molecular formula is C12H13ClN2O4. The topological polar surface area (TPSA) is 77.5 Å². The van der Waals surface area contributed by atoms with Crippen LogP contribution >= 0.6 is 11.6 Å². The number of ether oxygens (including phenoxy) is 2. The van der Waals surface area contributed by atoms with E-state index in [0.717, 1.165) is 6.42 Å². The molecule has 0 saturated carbocycles. The van der Waals surface area contributed by atoms with Gasteiger partial charge >= 0.3 is 5.97 Å². The van der Waals surface area contributed by atoms with Crippen LogP contribution < -0.4 is 5.32 Å². The standard InChI is InChI=1S/C12H13ClN2O4/c13-11-8(3-1-5-14-11)15-10(16)7-19-12(17)9-4-2-6-18-9/h1,3,5,9H,2,4,6-7H2,(H,15,16)/t9-/m0/s1. The van der Waals surface area contributed by atoms with Gasteiger partial charge in [0.2, 0.25) is 0 Å². The average Bonchev–Trinajstić information content (AvgIpc) is 2.93. The van der Waals surface area contributed by atoms with Gasteiger partial charge in [-0.05, 0) is 25.0 Å². The minimum Gasteiger partial charge on any atom is -0.454 e. The fourth-order valence-electron chi connectivity index (χ4n) is 1.66. The van der Waals surface area contributed by atoms with Crippen LogP contribution in [-0.4, -0.2) is 36.2 Å². The third-order valence-corrected chi connectivity index (χ3v) is 2.87. The number of hydrogen-bond donors (Lipinski definition) is 1. The number of aromatic nitrogens is 1. The van der Waals surface area contributed by atoms with Crippen LogP contribution in [0.4, 0.5) is 5.69 Å². The largest absolute Gasteiger partial charge is 0.454 e. The fraction of sp³-hybridized carbons (Fsp3) is 0.417. The number of amides is 1. The van der Waals surface area contributed by atoms with Crippen molar-refractivity contribution in [1.29, 1.82) is 0 Å². The van der Waals surface area contributed by atoms with E-state index in [1.807, 2.05) is 0 Å². The van der Waals surface area contributed by atoms with E-state index < -0.39 is 18.0 Å². The van der Waals surface area contributed by atoms with Crippen molar-refractivity contribution in [1.82, 2.24) is 4.98 Å². The fourth-order valence-corrected chi connectivity index (χ4v) is 1.83. The molecule has 19 heavy (non-hydrogen) atoms. The number of esters is 1. The Balaban J connectivity index is 1.78. The maximum Gasteiger partial charge on any atom is 0.335 e. The summed E-state index contributed by atoms with van der Waals surface area (Å²) in [7, 11) is 0. The molecule has 2 heterocycles. The molecule has 0 radical (unpaired) electrons. The minimum absolute atomic E-state index is 0.182. The normalized spacial score (nSPS) is 18.1. The summed E-state index contributed by atoms with van der Waals surface area (Å²) >= 11 is 5.78. The van der Waals surface area contributed by atoms with Crippen molar-refractivity contribution in [3.63, 3.8) is 0 Å². The first-order valence-electron chi connectivity index (χ1n) is 5.85. The highest BCUT2D eigenvalue weighted by Gasteiger charge is 2.25. The predicted octanol–water partition coefficient (Wildman–Crippen LogP) is 1.40. The van der Waals surface area contributed by atoms with Crippen LogP contribution in [0.25, 0.3) is 0 Å². The van der Waals surface area contributed by atoms with Gasteiger partial charge in [-0.25, -0.2) is 9.78 Å². The summed E-state index contributed by atoms with van der Waals surface area (Å²) in [6.07, 6.45) is 2.43. The van der Waals surface area contributed by atoms with Crippen molar-refractivity contribution in [2.24, 2.45) is 0 Å². The van der Waals surface area contributed by atoms with Crippen molar-refractivity contribution >= 4 is 29.2 Å². The first-order valence-corrected chi connectivity index (χ1v) is 6.23. The number of carbonyl (C=O) groups excluding carboxylic acids is 2. The van der Waals surface area contributed by atoms with Crippen molar-refractivity contribution in [3.8, 4) is 0 Å². The van der Waals surface area contributed by atoms with E-state index in [-0.39, 0.29) is 11.8 Å². The van der Waals surface area contributed by atoms with Crippen LogP contribution in [0.15, 0.2) is 18.3 Å². The smallest absolute Gasteiger partial charge is 0.335 e. The number of anilines is 1. The molecule has 1 fully saturated rings. The first-order chi connectivity index (χ1) is 9.16. The Bertz CT molecular complexity index is 475. The maximum atomic E-state index is 11.6. The van der Waals surface area contributed by atoms with Gasteiger partial charge in [-0.2, -0.15) is 0 Å². The number of nitrogens with zero attached hydrogens (tertiary/aromatic N) is 1. The summed E-state index contributed by atoms with van der Waals surface area (Å²) in [4.78, 5) is 26.9. The summed E-state index contributed by atoms with van der Waals surface area (Å²) in [5.41, 5.74) is 0.377. The third kappa shape index (κ3) is 3.90. The summed E-state index contributed by atoms with van der Waals surface area (Å²) in [5.74, 6) is -0.980. The minimum atomic E-state index is -0.547. The molecule has 1 aliphatic rings. The Labute approximate surface area is 115 Å². The molecule has 1 N–H and O–H groups in total. The molecule has 1 aliphatic heterocycles. The summed E-state index contributed by atoms with van der Waals surface area (Å²) in [6, 6.07) is 3.25. The molecule has 6 nitrogen and oxygen atoms in total. The molecular weight excluding hydrogens is 272 g/mol. The van der Waals surface area contributed by atoms with Gasteiger partial charge in [0.15, 0.2) is 17.9 Å². The van der Waals surface area contributed by atoms with Gasteiger partial charge in [-0.1, -0.05) is 11.6 Å². The Morgan fingerprint density at radius 2 is 2.42 bits per heavy atom. The Morgan fingerprint density at radius 3 is 3.11 bits per heavy atom. The second-order valence-electron chi connectivity index (χ2n) is 4.00. The van der Waals surface area contributed by atoms with Crippen molar-refractivity contribution < 1.29 is 19.1 Å².